The second-order valence-corrected chi connectivity index (χ2v) is 4.67. The first-order chi connectivity index (χ1) is 9.65. The van der Waals surface area contributed by atoms with Crippen LogP contribution in [0.25, 0.3) is 0 Å². The Morgan fingerprint density at radius 1 is 1.50 bits per heavy atom. The van der Waals surface area contributed by atoms with E-state index in [1.54, 1.807) is 4.68 Å². The van der Waals surface area contributed by atoms with Crippen LogP contribution in [0.2, 0.25) is 0 Å². The summed E-state index contributed by atoms with van der Waals surface area (Å²) < 4.78 is 1.60. The van der Waals surface area contributed by atoms with Gasteiger partial charge in [-0.3, -0.25) is 14.8 Å². The van der Waals surface area contributed by atoms with Crippen LogP contribution in [0.3, 0.4) is 0 Å². The number of piperidine rings is 1. The summed E-state index contributed by atoms with van der Waals surface area (Å²) >= 11 is 0. The fourth-order valence-corrected chi connectivity index (χ4v) is 2.26. The summed E-state index contributed by atoms with van der Waals surface area (Å²) in [7, 11) is 0. The summed E-state index contributed by atoms with van der Waals surface area (Å²) in [5.74, 6) is 0. The Labute approximate surface area is 119 Å². The normalized spacial score (nSPS) is 19.2. The molecule has 0 radical (unpaired) electrons. The summed E-state index contributed by atoms with van der Waals surface area (Å²) in [5, 5.41) is 24.0. The Morgan fingerprint density at radius 2 is 2.25 bits per heavy atom. The van der Waals surface area contributed by atoms with Gasteiger partial charge < -0.3 is 10.0 Å². The van der Waals surface area contributed by atoms with E-state index in [1.807, 2.05) is 13.8 Å². The van der Waals surface area contributed by atoms with Crippen LogP contribution in [0.15, 0.2) is 12.4 Å². The van der Waals surface area contributed by atoms with E-state index >= 15 is 0 Å². The van der Waals surface area contributed by atoms with Crippen molar-refractivity contribution < 1.29 is 10.0 Å². The number of aryl methyl sites for hydroxylation is 1. The number of β-amino-alcohol motifs (C(OH)–C–C–N with tert-alkyl or cyclic N) is 1. The zero-order valence-corrected chi connectivity index (χ0v) is 12.2. The average Bonchev–Trinajstić information content (AvgIpc) is 2.90. The van der Waals surface area contributed by atoms with Crippen molar-refractivity contribution in [1.29, 1.82) is 0 Å². The number of aliphatic hydroxyl groups is 1. The molecule has 2 rings (SSSR count). The molecule has 1 aliphatic heterocycles. The summed E-state index contributed by atoms with van der Waals surface area (Å²) in [6.07, 6.45) is 5.32. The largest absolute Gasteiger partial charge is 0.392 e. The molecule has 0 saturated carbocycles. The van der Waals surface area contributed by atoms with Gasteiger partial charge in [-0.05, 0) is 32.4 Å². The number of hydrogen-bond donors (Lipinski definition) is 1. The summed E-state index contributed by atoms with van der Waals surface area (Å²) in [6, 6.07) is 0. The number of likely N-dealkylation sites (tertiary alicyclic amines) is 1. The van der Waals surface area contributed by atoms with E-state index in [1.165, 1.54) is 12.4 Å². The highest BCUT2D eigenvalue weighted by molar-refractivity contribution is 5.20. The molecule has 0 amide bonds. The Bertz CT molecular complexity index is 408. The maximum absolute atomic E-state index is 10.5. The van der Waals surface area contributed by atoms with Crippen LogP contribution in [0.4, 0.5) is 5.69 Å². The first kappa shape index (κ1) is 16.6. The molecule has 1 aromatic heterocycles. The lowest BCUT2D eigenvalue weighted by Crippen LogP contribution is -2.38. The third kappa shape index (κ3) is 5.26. The van der Waals surface area contributed by atoms with E-state index in [0.29, 0.717) is 6.54 Å². The van der Waals surface area contributed by atoms with Crippen molar-refractivity contribution in [3.8, 4) is 0 Å². The SMILES string of the molecule is CC.O=[N+]([O-])c1cnn(CCCN2CCCC(O)C2)c1. The fraction of sp³-hybridized carbons (Fsp3) is 0.769. The van der Waals surface area contributed by atoms with Gasteiger partial charge in [0.1, 0.15) is 12.4 Å². The van der Waals surface area contributed by atoms with Crippen LogP contribution >= 0.6 is 0 Å². The number of nitrogens with zero attached hydrogens (tertiary/aromatic N) is 4. The molecule has 1 aromatic rings. The number of hydrogen-bond acceptors (Lipinski definition) is 5. The Hall–Kier alpha value is -1.47. The van der Waals surface area contributed by atoms with Crippen LogP contribution in [0.1, 0.15) is 33.1 Å². The Morgan fingerprint density at radius 3 is 2.85 bits per heavy atom. The van der Waals surface area contributed by atoms with Gasteiger partial charge in [-0.1, -0.05) is 13.8 Å². The molecule has 2 heterocycles. The molecule has 7 nitrogen and oxygen atoms in total. The van der Waals surface area contributed by atoms with E-state index in [4.69, 9.17) is 0 Å². The molecule has 1 aliphatic rings. The van der Waals surface area contributed by atoms with Crippen molar-refractivity contribution in [2.45, 2.75) is 45.8 Å². The standard InChI is InChI=1S/C11H18N4O3.C2H6/c16-11-3-1-4-13(9-11)5-2-6-14-8-10(7-12-14)15(17)18;1-2/h7-8,11,16H,1-6,9H2;1-2H3. The first-order valence-corrected chi connectivity index (χ1v) is 7.22. The van der Waals surface area contributed by atoms with Gasteiger partial charge >= 0.3 is 5.69 Å². The van der Waals surface area contributed by atoms with Crippen LogP contribution < -0.4 is 0 Å². The van der Waals surface area contributed by atoms with Crippen molar-refractivity contribution in [3.63, 3.8) is 0 Å². The smallest absolute Gasteiger partial charge is 0.306 e. The van der Waals surface area contributed by atoms with E-state index in [9.17, 15) is 15.2 Å². The first-order valence-electron chi connectivity index (χ1n) is 7.22. The van der Waals surface area contributed by atoms with Gasteiger partial charge in [-0.15, -0.1) is 0 Å². The molecule has 1 fully saturated rings. The average molecular weight is 284 g/mol. The van der Waals surface area contributed by atoms with Gasteiger partial charge in [0.05, 0.1) is 11.0 Å². The monoisotopic (exact) mass is 284 g/mol. The zero-order valence-electron chi connectivity index (χ0n) is 12.2. The van der Waals surface area contributed by atoms with Gasteiger partial charge in [0.2, 0.25) is 0 Å². The van der Waals surface area contributed by atoms with E-state index in [-0.39, 0.29) is 11.8 Å². The maximum atomic E-state index is 10.5. The predicted molar refractivity (Wildman–Crippen MR) is 76.5 cm³/mol. The molecular weight excluding hydrogens is 260 g/mol. The minimum atomic E-state index is -0.440. The predicted octanol–water partition coefficient (Wildman–Crippen LogP) is 1.66. The van der Waals surface area contributed by atoms with Crippen molar-refractivity contribution in [1.82, 2.24) is 14.7 Å². The minimum Gasteiger partial charge on any atom is -0.392 e. The Balaban J connectivity index is 0.000000956. The molecule has 20 heavy (non-hydrogen) atoms. The molecule has 0 aliphatic carbocycles. The van der Waals surface area contributed by atoms with Gasteiger partial charge in [-0.25, -0.2) is 0 Å². The van der Waals surface area contributed by atoms with Crippen LogP contribution in [0, 0.1) is 10.1 Å². The highest BCUT2D eigenvalue weighted by Gasteiger charge is 2.17. The highest BCUT2D eigenvalue weighted by atomic mass is 16.6. The maximum Gasteiger partial charge on any atom is 0.306 e. The molecule has 1 N–H and O–H groups in total. The third-order valence-electron chi connectivity index (χ3n) is 3.17. The lowest BCUT2D eigenvalue weighted by Gasteiger charge is -2.29. The van der Waals surface area contributed by atoms with Gasteiger partial charge in [0.15, 0.2) is 0 Å². The van der Waals surface area contributed by atoms with Crippen molar-refractivity contribution in [2.24, 2.45) is 0 Å². The number of aliphatic hydroxyl groups excluding tert-OH is 1. The number of nitro groups is 1. The molecule has 114 valence electrons. The highest BCUT2D eigenvalue weighted by Crippen LogP contribution is 2.11. The quantitative estimate of drug-likeness (QED) is 0.656. The van der Waals surface area contributed by atoms with Gasteiger partial charge in [0, 0.05) is 13.1 Å². The lowest BCUT2D eigenvalue weighted by atomic mass is 10.1. The minimum absolute atomic E-state index is 0.0309. The molecule has 0 spiro atoms. The second-order valence-electron chi connectivity index (χ2n) is 4.67. The van der Waals surface area contributed by atoms with Gasteiger partial charge in [0.25, 0.3) is 0 Å². The molecule has 0 aromatic carbocycles. The third-order valence-corrected chi connectivity index (χ3v) is 3.17. The fourth-order valence-electron chi connectivity index (χ4n) is 2.26. The van der Waals surface area contributed by atoms with Crippen molar-refractivity contribution in [2.75, 3.05) is 19.6 Å². The molecule has 1 unspecified atom stereocenters. The molecule has 0 bridgehead atoms. The topological polar surface area (TPSA) is 84.4 Å². The summed E-state index contributed by atoms with van der Waals surface area (Å²) in [5.41, 5.74) is 0.0309. The van der Waals surface area contributed by atoms with Gasteiger partial charge in [-0.2, -0.15) is 5.10 Å². The lowest BCUT2D eigenvalue weighted by molar-refractivity contribution is -0.385. The van der Waals surface area contributed by atoms with E-state index in [2.05, 4.69) is 10.00 Å². The van der Waals surface area contributed by atoms with Crippen molar-refractivity contribution >= 4 is 5.69 Å². The zero-order chi connectivity index (χ0) is 15.0. The molecule has 1 atom stereocenters. The number of rotatable bonds is 5. The van der Waals surface area contributed by atoms with Crippen LogP contribution in [-0.2, 0) is 6.54 Å². The summed E-state index contributed by atoms with van der Waals surface area (Å²) in [6.45, 7) is 7.32. The second kappa shape index (κ2) is 8.65. The van der Waals surface area contributed by atoms with Crippen LogP contribution in [-0.4, -0.2) is 50.4 Å². The van der Waals surface area contributed by atoms with E-state index in [0.717, 1.165) is 38.9 Å². The van der Waals surface area contributed by atoms with Crippen molar-refractivity contribution in [3.05, 3.63) is 22.5 Å². The van der Waals surface area contributed by atoms with E-state index < -0.39 is 4.92 Å². The number of aromatic nitrogens is 2. The Kier molecular flexibility index (Phi) is 7.17. The summed E-state index contributed by atoms with van der Waals surface area (Å²) in [4.78, 5) is 12.3. The molecule has 7 heteroatoms. The molecular formula is C13H24N4O3. The molecule has 1 saturated heterocycles. The van der Waals surface area contributed by atoms with Crippen LogP contribution in [0.5, 0.6) is 0 Å².